The Kier molecular flexibility index (Phi) is 5.78. The van der Waals surface area contributed by atoms with Crippen LogP contribution in [0.5, 0.6) is 0 Å². The van der Waals surface area contributed by atoms with Crippen LogP contribution in [-0.2, 0) is 0 Å². The quantitative estimate of drug-likeness (QED) is 0.457. The third-order valence-corrected chi connectivity index (χ3v) is 4.70. The number of hydrogen-bond donors (Lipinski definition) is 0. The van der Waals surface area contributed by atoms with Gasteiger partial charge in [0.15, 0.2) is 9.79 Å². The molecular weight excluding hydrogens is 431 g/mol. The molecule has 2 aromatic rings. The zero-order valence-corrected chi connectivity index (χ0v) is 14.9. The average Bonchev–Trinajstić information content (AvgIpc) is 2.55. The normalized spacial score (nSPS) is 10.4. The lowest BCUT2D eigenvalue weighted by atomic mass is 10.3. The third-order valence-electron chi connectivity index (χ3n) is 3.02. The molecule has 0 N–H and O–H groups in total. The van der Waals surface area contributed by atoms with Crippen LogP contribution in [0.1, 0.15) is 0 Å². The Hall–Kier alpha value is -3.03. The van der Waals surface area contributed by atoms with Gasteiger partial charge >= 0.3 is 0 Å². The minimum atomic E-state index is -0.991. The molecule has 0 bridgehead atoms. The number of nitro groups is 4. The van der Waals surface area contributed by atoms with E-state index in [4.69, 9.17) is 23.2 Å². The smallest absolute Gasteiger partial charge is 0.258 e. The summed E-state index contributed by atoms with van der Waals surface area (Å²) < 4.78 is 0. The van der Waals surface area contributed by atoms with Crippen LogP contribution in [0.3, 0.4) is 0 Å². The molecule has 27 heavy (non-hydrogen) atoms. The molecule has 0 saturated heterocycles. The number of nitro benzene ring substituents is 4. The number of nitrogens with zero attached hydrogens (tertiary/aromatic N) is 4. The lowest BCUT2D eigenvalue weighted by molar-refractivity contribution is -0.400. The van der Waals surface area contributed by atoms with Crippen LogP contribution >= 0.6 is 35.0 Å². The van der Waals surface area contributed by atoms with E-state index in [9.17, 15) is 40.5 Å². The van der Waals surface area contributed by atoms with E-state index in [2.05, 4.69) is 0 Å². The Labute approximate surface area is 162 Å². The van der Waals surface area contributed by atoms with E-state index < -0.39 is 52.2 Å². The van der Waals surface area contributed by atoms with Crippen molar-refractivity contribution in [2.45, 2.75) is 9.79 Å². The second-order valence-electron chi connectivity index (χ2n) is 4.68. The molecule has 0 unspecified atom stereocenters. The van der Waals surface area contributed by atoms with E-state index in [0.717, 1.165) is 24.3 Å². The van der Waals surface area contributed by atoms with E-state index in [0.29, 0.717) is 0 Å². The van der Waals surface area contributed by atoms with Gasteiger partial charge in [0.1, 0.15) is 0 Å². The maximum absolute atomic E-state index is 11.3. The first kappa shape index (κ1) is 20.3. The van der Waals surface area contributed by atoms with Gasteiger partial charge in [-0.25, -0.2) is 0 Å². The van der Waals surface area contributed by atoms with Crippen molar-refractivity contribution in [2.24, 2.45) is 0 Å². The molecule has 0 aliphatic heterocycles. The first-order valence-electron chi connectivity index (χ1n) is 6.45. The summed E-state index contributed by atoms with van der Waals surface area (Å²) >= 11 is 11.4. The van der Waals surface area contributed by atoms with Crippen LogP contribution in [0.15, 0.2) is 34.1 Å². The van der Waals surface area contributed by atoms with Gasteiger partial charge in [0.25, 0.3) is 22.7 Å². The molecule has 0 fully saturated rings. The minimum absolute atomic E-state index is 0.141. The highest BCUT2D eigenvalue weighted by molar-refractivity contribution is 8.00. The predicted octanol–water partition coefficient (Wildman–Crippen LogP) is 4.78. The van der Waals surface area contributed by atoms with Crippen LogP contribution in [0.2, 0.25) is 10.0 Å². The van der Waals surface area contributed by atoms with Crippen LogP contribution < -0.4 is 0 Å². The third kappa shape index (κ3) is 4.21. The zero-order valence-electron chi connectivity index (χ0n) is 12.5. The van der Waals surface area contributed by atoms with Gasteiger partial charge in [0, 0.05) is 24.3 Å². The van der Waals surface area contributed by atoms with Crippen molar-refractivity contribution in [3.63, 3.8) is 0 Å². The van der Waals surface area contributed by atoms with E-state index in [1.807, 2.05) is 0 Å². The van der Waals surface area contributed by atoms with Crippen LogP contribution in [0.25, 0.3) is 0 Å². The summed E-state index contributed by atoms with van der Waals surface area (Å²) in [4.78, 5) is 39.7. The molecule has 2 aromatic carbocycles. The fourth-order valence-electron chi connectivity index (χ4n) is 1.98. The van der Waals surface area contributed by atoms with Crippen LogP contribution in [0.4, 0.5) is 22.7 Å². The number of hydrogen-bond acceptors (Lipinski definition) is 9. The zero-order chi connectivity index (χ0) is 20.5. The fraction of sp³-hybridized carbons (Fsp3) is 0. The Morgan fingerprint density at radius 2 is 0.815 bits per heavy atom. The van der Waals surface area contributed by atoms with Crippen molar-refractivity contribution in [1.82, 2.24) is 0 Å². The highest BCUT2D eigenvalue weighted by atomic mass is 35.5. The standard InChI is InChI=1S/C12H4Cl2N4O8S/c13-5-1-7(15(19)20)11(8(2-5)16(21)22)27-12-9(17(23)24)3-6(14)4-10(12)18(25)26/h1-4H. The van der Waals surface area contributed by atoms with E-state index in [1.54, 1.807) is 0 Å². The van der Waals surface area contributed by atoms with Gasteiger partial charge in [-0.3, -0.25) is 40.5 Å². The molecule has 15 heteroatoms. The molecular formula is C12H4Cl2N4O8S. The number of rotatable bonds is 6. The SMILES string of the molecule is O=[N+]([O-])c1cc(Cl)cc([N+](=O)[O-])c1Sc1c([N+](=O)[O-])cc(Cl)cc1[N+](=O)[O-]. The summed E-state index contributed by atoms with van der Waals surface area (Å²) in [5, 5.41) is 44.4. The highest BCUT2D eigenvalue weighted by Gasteiger charge is 2.34. The summed E-state index contributed by atoms with van der Waals surface area (Å²) in [6, 6.07) is 3.18. The number of halogens is 2. The van der Waals surface area contributed by atoms with Gasteiger partial charge in [-0.05, 0) is 0 Å². The van der Waals surface area contributed by atoms with E-state index >= 15 is 0 Å². The summed E-state index contributed by atoms with van der Waals surface area (Å²) in [5.74, 6) is 0. The van der Waals surface area contributed by atoms with Crippen molar-refractivity contribution in [1.29, 1.82) is 0 Å². The predicted molar refractivity (Wildman–Crippen MR) is 93.6 cm³/mol. The fourth-order valence-corrected chi connectivity index (χ4v) is 3.55. The molecule has 0 radical (unpaired) electrons. The Morgan fingerprint density at radius 3 is 1.00 bits per heavy atom. The molecule has 0 atom stereocenters. The molecule has 0 saturated carbocycles. The monoisotopic (exact) mass is 434 g/mol. The topological polar surface area (TPSA) is 173 Å². The molecule has 2 rings (SSSR count). The van der Waals surface area contributed by atoms with Gasteiger partial charge in [-0.1, -0.05) is 35.0 Å². The van der Waals surface area contributed by atoms with Crippen LogP contribution in [0, 0.1) is 40.5 Å². The lowest BCUT2D eigenvalue weighted by Crippen LogP contribution is -2.00. The minimum Gasteiger partial charge on any atom is -0.258 e. The first-order valence-corrected chi connectivity index (χ1v) is 8.02. The van der Waals surface area contributed by atoms with Crippen LogP contribution in [-0.4, -0.2) is 19.7 Å². The molecule has 0 amide bonds. The Bertz CT molecular complexity index is 865. The van der Waals surface area contributed by atoms with Crippen molar-refractivity contribution in [3.8, 4) is 0 Å². The second-order valence-corrected chi connectivity index (χ2v) is 6.57. The van der Waals surface area contributed by atoms with Gasteiger partial charge < -0.3 is 0 Å². The lowest BCUT2D eigenvalue weighted by Gasteiger charge is -2.07. The molecule has 140 valence electrons. The van der Waals surface area contributed by atoms with Gasteiger partial charge in [-0.2, -0.15) is 0 Å². The molecule has 12 nitrogen and oxygen atoms in total. The molecule has 0 spiro atoms. The van der Waals surface area contributed by atoms with Crippen molar-refractivity contribution >= 4 is 57.7 Å². The molecule has 0 aliphatic rings. The maximum atomic E-state index is 11.3. The summed E-state index contributed by atoms with van der Waals surface area (Å²) in [6.07, 6.45) is 0. The summed E-state index contributed by atoms with van der Waals surface area (Å²) in [6.45, 7) is 0. The first-order chi connectivity index (χ1) is 12.5. The number of benzene rings is 2. The molecule has 0 aliphatic carbocycles. The molecule has 0 aromatic heterocycles. The Balaban J connectivity index is 2.85. The van der Waals surface area contributed by atoms with Crippen molar-refractivity contribution in [3.05, 3.63) is 74.8 Å². The van der Waals surface area contributed by atoms with Gasteiger partial charge in [0.2, 0.25) is 0 Å². The summed E-state index contributed by atoms with van der Waals surface area (Å²) in [7, 11) is 0. The van der Waals surface area contributed by atoms with E-state index in [-0.39, 0.29) is 21.8 Å². The second kappa shape index (κ2) is 7.69. The highest BCUT2D eigenvalue weighted by Crippen LogP contribution is 2.49. The van der Waals surface area contributed by atoms with E-state index in [1.165, 1.54) is 0 Å². The maximum Gasteiger partial charge on any atom is 0.291 e. The largest absolute Gasteiger partial charge is 0.291 e. The van der Waals surface area contributed by atoms with Gasteiger partial charge in [-0.15, -0.1) is 0 Å². The average molecular weight is 435 g/mol. The molecule has 0 heterocycles. The summed E-state index contributed by atoms with van der Waals surface area (Å²) in [5.41, 5.74) is -3.34. The van der Waals surface area contributed by atoms with Gasteiger partial charge in [0.05, 0.1) is 29.7 Å². The van der Waals surface area contributed by atoms with Crippen molar-refractivity contribution < 1.29 is 19.7 Å². The Morgan fingerprint density at radius 1 is 0.593 bits per heavy atom. The van der Waals surface area contributed by atoms with Crippen molar-refractivity contribution in [2.75, 3.05) is 0 Å².